The number of carbonyl (C=O) groups excluding carboxylic acids is 2. The topological polar surface area (TPSA) is 128 Å². The lowest BCUT2D eigenvalue weighted by molar-refractivity contribution is -0.132. The number of nitrogens with two attached hydrogens (primary N) is 1. The van der Waals surface area contributed by atoms with Crippen LogP contribution in [-0.2, 0) is 20.9 Å². The molecule has 4 aliphatic rings. The minimum atomic E-state index is -0.257. The maximum Gasteiger partial charge on any atom is 0.244 e. The van der Waals surface area contributed by atoms with E-state index in [2.05, 4.69) is 20.8 Å². The molecule has 2 amide bonds. The summed E-state index contributed by atoms with van der Waals surface area (Å²) in [6.07, 6.45) is 7.68. The van der Waals surface area contributed by atoms with Crippen LogP contribution in [0.1, 0.15) is 44.9 Å². The second kappa shape index (κ2) is 7.23. The third-order valence-electron chi connectivity index (χ3n) is 7.46. The van der Waals surface area contributed by atoms with Crippen LogP contribution in [0.2, 0.25) is 0 Å². The lowest BCUT2D eigenvalue weighted by Crippen LogP contribution is -2.42. The number of hydrogen-bond donors (Lipinski definition) is 2. The molecule has 1 saturated carbocycles. The molecule has 4 atom stereocenters. The summed E-state index contributed by atoms with van der Waals surface area (Å²) in [6, 6.07) is 0. The quantitative estimate of drug-likeness (QED) is 0.682. The predicted molar refractivity (Wildman–Crippen MR) is 102 cm³/mol. The van der Waals surface area contributed by atoms with Crippen LogP contribution in [0, 0.1) is 17.8 Å². The Morgan fingerprint density at radius 2 is 2.10 bits per heavy atom. The predicted octanol–water partition coefficient (Wildman–Crippen LogP) is -0.0422. The van der Waals surface area contributed by atoms with Gasteiger partial charge in [-0.1, -0.05) is 17.9 Å². The molecule has 1 aliphatic carbocycles. The molecule has 1 aromatic heterocycles. The van der Waals surface area contributed by atoms with Crippen molar-refractivity contribution in [1.29, 1.82) is 0 Å². The van der Waals surface area contributed by atoms with Gasteiger partial charge in [-0.25, -0.2) is 4.68 Å². The minimum Gasteiger partial charge on any atom is -0.369 e. The molecule has 10 nitrogen and oxygen atoms in total. The smallest absolute Gasteiger partial charge is 0.244 e. The lowest BCUT2D eigenvalue weighted by atomic mass is 9.73. The van der Waals surface area contributed by atoms with Gasteiger partial charge in [0.05, 0.1) is 18.2 Å². The Hall–Kier alpha value is -2.23. The normalized spacial score (nSPS) is 33.4. The molecule has 158 valence electrons. The van der Waals surface area contributed by atoms with E-state index in [1.165, 1.54) is 30.4 Å². The van der Waals surface area contributed by atoms with Gasteiger partial charge >= 0.3 is 0 Å². The average molecular weight is 403 g/mol. The van der Waals surface area contributed by atoms with Crippen molar-refractivity contribution in [2.45, 2.75) is 63.2 Å². The van der Waals surface area contributed by atoms with Crippen LogP contribution < -0.4 is 11.1 Å². The number of likely N-dealkylation sites (tertiary alicyclic amines) is 1. The molecule has 0 radical (unpaired) electrons. The summed E-state index contributed by atoms with van der Waals surface area (Å²) in [6.45, 7) is 1.93. The molecule has 4 fully saturated rings. The van der Waals surface area contributed by atoms with Crippen LogP contribution in [0.4, 0.5) is 5.95 Å². The van der Waals surface area contributed by atoms with E-state index in [-0.39, 0.29) is 47.8 Å². The Bertz CT molecular complexity index is 793. The number of fused-ring (bicyclic) bond motifs is 1. The highest BCUT2D eigenvalue weighted by Crippen LogP contribution is 2.54. The first kappa shape index (κ1) is 18.8. The fourth-order valence-corrected chi connectivity index (χ4v) is 5.99. The first-order chi connectivity index (χ1) is 14.0. The van der Waals surface area contributed by atoms with E-state index in [4.69, 9.17) is 10.5 Å². The van der Waals surface area contributed by atoms with Gasteiger partial charge < -0.3 is 20.7 Å². The van der Waals surface area contributed by atoms with Gasteiger partial charge in [-0.15, -0.1) is 0 Å². The summed E-state index contributed by atoms with van der Waals surface area (Å²) in [5.74, 6) is 1.33. The number of nitrogens with one attached hydrogen (secondary N) is 1. The van der Waals surface area contributed by atoms with Crippen LogP contribution >= 0.6 is 0 Å². The number of tetrazole rings is 1. The summed E-state index contributed by atoms with van der Waals surface area (Å²) < 4.78 is 7.70. The highest BCUT2D eigenvalue weighted by atomic mass is 16.5. The molecule has 5 rings (SSSR count). The number of aromatic nitrogens is 4. The zero-order valence-corrected chi connectivity index (χ0v) is 16.6. The minimum absolute atomic E-state index is 0.0356. The van der Waals surface area contributed by atoms with E-state index in [1.807, 2.05) is 4.90 Å². The van der Waals surface area contributed by atoms with E-state index in [0.717, 1.165) is 12.8 Å². The number of amides is 2. The molecule has 3 saturated heterocycles. The van der Waals surface area contributed by atoms with Crippen molar-refractivity contribution in [2.75, 3.05) is 25.4 Å². The number of carbonyl (C=O) groups is 2. The van der Waals surface area contributed by atoms with Crippen molar-refractivity contribution in [1.82, 2.24) is 30.4 Å². The second-order valence-corrected chi connectivity index (χ2v) is 9.16. The van der Waals surface area contributed by atoms with Gasteiger partial charge in [0.1, 0.15) is 6.54 Å². The maximum absolute atomic E-state index is 12.8. The van der Waals surface area contributed by atoms with Crippen LogP contribution in [0.3, 0.4) is 0 Å². The van der Waals surface area contributed by atoms with Crippen molar-refractivity contribution in [2.24, 2.45) is 17.8 Å². The standard InChI is InChI=1S/C19H29N7O3/c20-18-22-23-24-26(18)10-17(28)25-9-14-13(15-5-6-19(14,11-25)29-15)8-21-16(27)7-12-3-1-2-4-12/h12-15H,1-11H2,(H,21,27)(H2,20,22,24)/t13-,14+,15+,19+/m0/s1. The first-order valence-electron chi connectivity index (χ1n) is 10.8. The van der Waals surface area contributed by atoms with E-state index in [9.17, 15) is 9.59 Å². The zero-order valence-electron chi connectivity index (χ0n) is 16.6. The fourth-order valence-electron chi connectivity index (χ4n) is 5.99. The Balaban J connectivity index is 1.19. The summed E-state index contributed by atoms with van der Waals surface area (Å²) in [5, 5.41) is 14.0. The molecule has 10 heteroatoms. The highest BCUT2D eigenvalue weighted by molar-refractivity contribution is 5.77. The molecular formula is C19H29N7O3. The molecule has 3 aliphatic heterocycles. The Labute approximate surface area is 169 Å². The van der Waals surface area contributed by atoms with Crippen molar-refractivity contribution in [3.05, 3.63) is 0 Å². The average Bonchev–Trinajstić information content (AvgIpc) is 3.48. The third kappa shape index (κ3) is 3.37. The SMILES string of the molecule is Nc1nnnn1CC(=O)N1C[C@@H]2[C@H](CNC(=O)CC3CCCC3)[C@H]3CC[C@]2(C1)O3. The summed E-state index contributed by atoms with van der Waals surface area (Å²) in [4.78, 5) is 27.0. The number of ether oxygens (including phenoxy) is 1. The van der Waals surface area contributed by atoms with Gasteiger partial charge in [-0.2, -0.15) is 0 Å². The molecule has 0 aromatic carbocycles. The molecule has 4 heterocycles. The van der Waals surface area contributed by atoms with Gasteiger partial charge in [0, 0.05) is 31.3 Å². The largest absolute Gasteiger partial charge is 0.369 e. The van der Waals surface area contributed by atoms with Gasteiger partial charge in [0.25, 0.3) is 0 Å². The van der Waals surface area contributed by atoms with E-state index >= 15 is 0 Å². The van der Waals surface area contributed by atoms with Crippen LogP contribution in [0.25, 0.3) is 0 Å². The van der Waals surface area contributed by atoms with Crippen molar-refractivity contribution >= 4 is 17.8 Å². The van der Waals surface area contributed by atoms with E-state index in [1.54, 1.807) is 0 Å². The maximum atomic E-state index is 12.8. The Morgan fingerprint density at radius 3 is 2.86 bits per heavy atom. The summed E-state index contributed by atoms with van der Waals surface area (Å²) in [5.41, 5.74) is 5.42. The molecule has 3 N–H and O–H groups in total. The zero-order chi connectivity index (χ0) is 20.0. The monoisotopic (exact) mass is 403 g/mol. The van der Waals surface area contributed by atoms with Crippen molar-refractivity contribution in [3.8, 4) is 0 Å². The summed E-state index contributed by atoms with van der Waals surface area (Å²) >= 11 is 0. The summed E-state index contributed by atoms with van der Waals surface area (Å²) in [7, 11) is 0. The van der Waals surface area contributed by atoms with Crippen LogP contribution in [-0.4, -0.2) is 68.3 Å². The van der Waals surface area contributed by atoms with Crippen molar-refractivity contribution in [3.63, 3.8) is 0 Å². The van der Waals surface area contributed by atoms with E-state index in [0.29, 0.717) is 32.0 Å². The molecule has 1 spiro atoms. The number of rotatable bonds is 6. The van der Waals surface area contributed by atoms with Crippen molar-refractivity contribution < 1.29 is 14.3 Å². The Kier molecular flexibility index (Phi) is 4.68. The molecular weight excluding hydrogens is 374 g/mol. The number of anilines is 1. The van der Waals surface area contributed by atoms with Gasteiger partial charge in [0.2, 0.25) is 17.8 Å². The van der Waals surface area contributed by atoms with Crippen LogP contribution in [0.15, 0.2) is 0 Å². The third-order valence-corrected chi connectivity index (χ3v) is 7.46. The molecule has 29 heavy (non-hydrogen) atoms. The number of nitrogen functional groups attached to an aromatic ring is 1. The number of nitrogens with zero attached hydrogens (tertiary/aromatic N) is 5. The second-order valence-electron chi connectivity index (χ2n) is 9.16. The molecule has 0 unspecified atom stereocenters. The first-order valence-corrected chi connectivity index (χ1v) is 10.8. The lowest BCUT2D eigenvalue weighted by Gasteiger charge is -2.29. The fraction of sp³-hybridized carbons (Fsp3) is 0.842. The Morgan fingerprint density at radius 1 is 1.28 bits per heavy atom. The van der Waals surface area contributed by atoms with Gasteiger partial charge in [0.15, 0.2) is 0 Å². The number of hydrogen-bond acceptors (Lipinski definition) is 7. The molecule has 1 aromatic rings. The highest BCUT2D eigenvalue weighted by Gasteiger charge is 2.63. The molecule has 2 bridgehead atoms. The van der Waals surface area contributed by atoms with Crippen LogP contribution in [0.5, 0.6) is 0 Å². The van der Waals surface area contributed by atoms with Gasteiger partial charge in [-0.05, 0) is 42.0 Å². The van der Waals surface area contributed by atoms with E-state index < -0.39 is 0 Å². The van der Waals surface area contributed by atoms with Gasteiger partial charge in [-0.3, -0.25) is 9.59 Å².